The molecule has 0 atom stereocenters. The number of rotatable bonds is 6. The maximum absolute atomic E-state index is 13.0. The second-order valence-corrected chi connectivity index (χ2v) is 7.95. The van der Waals surface area contributed by atoms with Gasteiger partial charge in [0.05, 0.1) is 7.11 Å². The van der Waals surface area contributed by atoms with Gasteiger partial charge in [0, 0.05) is 50.9 Å². The molecule has 0 bridgehead atoms. The van der Waals surface area contributed by atoms with Crippen molar-refractivity contribution in [2.75, 3.05) is 26.7 Å². The quantitative estimate of drug-likeness (QED) is 0.756. The van der Waals surface area contributed by atoms with E-state index in [1.165, 1.54) is 18.7 Å². The van der Waals surface area contributed by atoms with E-state index < -0.39 is 0 Å². The SMILES string of the molecule is COc1cc(=O)n2c(c1C(=O)NCc1ccsc1)CCN(CC=C(C)C)CC2. The fourth-order valence-corrected chi connectivity index (χ4v) is 4.03. The van der Waals surface area contributed by atoms with E-state index in [-0.39, 0.29) is 11.5 Å². The van der Waals surface area contributed by atoms with E-state index in [0.29, 0.717) is 30.8 Å². The van der Waals surface area contributed by atoms with Crippen LogP contribution in [0.2, 0.25) is 0 Å². The molecule has 2 aromatic rings. The lowest BCUT2D eigenvalue weighted by molar-refractivity contribution is 0.0945. The standard InChI is InChI=1S/C21H27N3O3S/c1-15(2)4-7-23-8-5-17-20(21(26)22-13-16-6-11-28-14-16)18(27-3)12-19(25)24(17)10-9-23/h4,6,11-12,14H,5,7-10,13H2,1-3H3,(H,22,26). The van der Waals surface area contributed by atoms with Crippen LogP contribution in [0.5, 0.6) is 5.75 Å². The molecule has 1 aliphatic heterocycles. The van der Waals surface area contributed by atoms with Crippen molar-refractivity contribution in [2.24, 2.45) is 0 Å². The fourth-order valence-electron chi connectivity index (χ4n) is 3.36. The molecular formula is C21H27N3O3S. The van der Waals surface area contributed by atoms with Gasteiger partial charge in [-0.3, -0.25) is 14.5 Å². The number of aromatic nitrogens is 1. The molecular weight excluding hydrogens is 374 g/mol. The van der Waals surface area contributed by atoms with Crippen LogP contribution in [0.3, 0.4) is 0 Å². The van der Waals surface area contributed by atoms with Gasteiger partial charge in [0.1, 0.15) is 11.3 Å². The number of methoxy groups -OCH3 is 1. The summed E-state index contributed by atoms with van der Waals surface area (Å²) >= 11 is 1.60. The molecule has 0 unspecified atom stereocenters. The average Bonchev–Trinajstić information content (AvgIpc) is 3.10. The maximum Gasteiger partial charge on any atom is 0.257 e. The first kappa shape index (κ1) is 20.4. The summed E-state index contributed by atoms with van der Waals surface area (Å²) in [5.74, 6) is 0.140. The Morgan fingerprint density at radius 3 is 2.82 bits per heavy atom. The molecule has 3 heterocycles. The van der Waals surface area contributed by atoms with Gasteiger partial charge in [-0.15, -0.1) is 0 Å². The van der Waals surface area contributed by atoms with Crippen molar-refractivity contribution in [3.8, 4) is 5.75 Å². The van der Waals surface area contributed by atoms with Crippen LogP contribution in [0, 0.1) is 0 Å². The highest BCUT2D eigenvalue weighted by atomic mass is 32.1. The fraction of sp³-hybridized carbons (Fsp3) is 0.429. The number of fused-ring (bicyclic) bond motifs is 1. The Balaban J connectivity index is 1.88. The van der Waals surface area contributed by atoms with Gasteiger partial charge in [0.15, 0.2) is 0 Å². The second-order valence-electron chi connectivity index (χ2n) is 7.17. The Bertz CT molecular complexity index is 912. The van der Waals surface area contributed by atoms with Gasteiger partial charge in [-0.25, -0.2) is 0 Å². The van der Waals surface area contributed by atoms with Crippen molar-refractivity contribution in [2.45, 2.75) is 33.4 Å². The number of carbonyl (C=O) groups is 1. The monoisotopic (exact) mass is 401 g/mol. The molecule has 1 amide bonds. The van der Waals surface area contributed by atoms with Crippen LogP contribution in [0.1, 0.15) is 35.5 Å². The molecule has 6 nitrogen and oxygen atoms in total. The number of carbonyl (C=O) groups excluding carboxylic acids is 1. The van der Waals surface area contributed by atoms with Crippen molar-refractivity contribution in [1.29, 1.82) is 0 Å². The maximum atomic E-state index is 13.0. The topological polar surface area (TPSA) is 63.6 Å². The Labute approximate surface area is 169 Å². The first-order valence-corrected chi connectivity index (χ1v) is 10.4. The number of hydrogen-bond acceptors (Lipinski definition) is 5. The lowest BCUT2D eigenvalue weighted by Crippen LogP contribution is -2.31. The Morgan fingerprint density at radius 1 is 1.32 bits per heavy atom. The highest BCUT2D eigenvalue weighted by Crippen LogP contribution is 2.23. The van der Waals surface area contributed by atoms with Crippen LogP contribution in [0.15, 0.2) is 39.3 Å². The number of ether oxygens (including phenoxy) is 1. The first-order chi connectivity index (χ1) is 13.5. The summed E-state index contributed by atoms with van der Waals surface area (Å²) in [6.07, 6.45) is 2.82. The largest absolute Gasteiger partial charge is 0.496 e. The molecule has 0 radical (unpaired) electrons. The summed E-state index contributed by atoms with van der Waals surface area (Å²) < 4.78 is 7.13. The zero-order chi connectivity index (χ0) is 20.1. The summed E-state index contributed by atoms with van der Waals surface area (Å²) in [4.78, 5) is 27.9. The lowest BCUT2D eigenvalue weighted by atomic mass is 10.1. The average molecular weight is 402 g/mol. The van der Waals surface area contributed by atoms with Crippen LogP contribution < -0.4 is 15.6 Å². The smallest absolute Gasteiger partial charge is 0.257 e. The van der Waals surface area contributed by atoms with Crippen molar-refractivity contribution in [1.82, 2.24) is 14.8 Å². The van der Waals surface area contributed by atoms with Crippen molar-refractivity contribution in [3.63, 3.8) is 0 Å². The summed E-state index contributed by atoms with van der Waals surface area (Å²) in [6, 6.07) is 3.41. The number of thiophene rings is 1. The van der Waals surface area contributed by atoms with E-state index in [1.54, 1.807) is 15.9 Å². The predicted molar refractivity (Wildman–Crippen MR) is 112 cm³/mol. The summed E-state index contributed by atoms with van der Waals surface area (Å²) in [7, 11) is 1.50. The molecule has 1 N–H and O–H groups in total. The lowest BCUT2D eigenvalue weighted by Gasteiger charge is -2.17. The highest BCUT2D eigenvalue weighted by Gasteiger charge is 2.24. The molecule has 0 spiro atoms. The number of allylic oxidation sites excluding steroid dienone is 1. The predicted octanol–water partition coefficient (Wildman–Crippen LogP) is 2.67. The molecule has 1 aliphatic rings. The number of hydrogen-bond donors (Lipinski definition) is 1. The van der Waals surface area contributed by atoms with Gasteiger partial charge < -0.3 is 14.6 Å². The summed E-state index contributed by atoms with van der Waals surface area (Å²) in [6.45, 7) is 7.61. The van der Waals surface area contributed by atoms with Crippen LogP contribution in [-0.4, -0.2) is 42.1 Å². The normalized spacial score (nSPS) is 14.1. The van der Waals surface area contributed by atoms with E-state index in [2.05, 4.69) is 30.1 Å². The van der Waals surface area contributed by atoms with Crippen LogP contribution in [0.25, 0.3) is 0 Å². The van der Waals surface area contributed by atoms with Gasteiger partial charge in [-0.1, -0.05) is 11.6 Å². The van der Waals surface area contributed by atoms with Gasteiger partial charge in [0.25, 0.3) is 11.5 Å². The Hall–Kier alpha value is -2.38. The minimum atomic E-state index is -0.204. The van der Waals surface area contributed by atoms with Gasteiger partial charge in [-0.2, -0.15) is 11.3 Å². The van der Waals surface area contributed by atoms with Crippen LogP contribution in [0.4, 0.5) is 0 Å². The van der Waals surface area contributed by atoms with E-state index >= 15 is 0 Å². The molecule has 2 aromatic heterocycles. The first-order valence-electron chi connectivity index (χ1n) is 9.45. The van der Waals surface area contributed by atoms with E-state index in [4.69, 9.17) is 4.74 Å². The third-order valence-corrected chi connectivity index (χ3v) is 5.66. The zero-order valence-corrected chi connectivity index (χ0v) is 17.5. The summed E-state index contributed by atoms with van der Waals surface area (Å²) in [5, 5.41) is 6.96. The molecule has 0 aliphatic carbocycles. The second kappa shape index (κ2) is 9.21. The van der Waals surface area contributed by atoms with Crippen molar-refractivity contribution < 1.29 is 9.53 Å². The number of nitrogens with zero attached hydrogens (tertiary/aromatic N) is 2. The summed E-state index contributed by atoms with van der Waals surface area (Å²) in [5.41, 5.74) is 3.44. The van der Waals surface area contributed by atoms with Gasteiger partial charge in [0.2, 0.25) is 0 Å². The zero-order valence-electron chi connectivity index (χ0n) is 16.7. The molecule has 0 saturated carbocycles. The van der Waals surface area contributed by atoms with Crippen molar-refractivity contribution in [3.05, 3.63) is 61.7 Å². The molecule has 7 heteroatoms. The third kappa shape index (κ3) is 4.72. The third-order valence-electron chi connectivity index (χ3n) is 4.92. The molecule has 150 valence electrons. The van der Waals surface area contributed by atoms with E-state index in [0.717, 1.165) is 30.9 Å². The molecule has 3 rings (SSSR count). The minimum absolute atomic E-state index is 0.120. The molecule has 0 fully saturated rings. The van der Waals surface area contributed by atoms with Crippen LogP contribution in [-0.2, 0) is 19.5 Å². The number of pyridine rings is 1. The van der Waals surface area contributed by atoms with Crippen LogP contribution >= 0.6 is 11.3 Å². The number of amides is 1. The van der Waals surface area contributed by atoms with Crippen molar-refractivity contribution >= 4 is 17.2 Å². The highest BCUT2D eigenvalue weighted by molar-refractivity contribution is 7.07. The molecule has 28 heavy (non-hydrogen) atoms. The van der Waals surface area contributed by atoms with E-state index in [9.17, 15) is 9.59 Å². The molecule has 0 aromatic carbocycles. The molecule has 0 saturated heterocycles. The van der Waals surface area contributed by atoms with E-state index in [1.807, 2.05) is 16.8 Å². The van der Waals surface area contributed by atoms with Gasteiger partial charge in [-0.05, 0) is 36.2 Å². The van der Waals surface area contributed by atoms with Gasteiger partial charge >= 0.3 is 0 Å². The minimum Gasteiger partial charge on any atom is -0.496 e. The number of nitrogens with one attached hydrogen (secondary N) is 1. The Kier molecular flexibility index (Phi) is 6.70. The Morgan fingerprint density at radius 2 is 2.14 bits per heavy atom.